The van der Waals surface area contributed by atoms with E-state index < -0.39 is 11.2 Å². The van der Waals surface area contributed by atoms with E-state index in [0.29, 0.717) is 16.9 Å². The van der Waals surface area contributed by atoms with Crippen molar-refractivity contribution in [3.05, 3.63) is 87.4 Å². The lowest BCUT2D eigenvalue weighted by Crippen LogP contribution is -2.37. The Hall–Kier alpha value is -3.94. The zero-order valence-corrected chi connectivity index (χ0v) is 15.7. The minimum absolute atomic E-state index is 0.308. The number of halogens is 1. The molecule has 0 saturated carbocycles. The molecule has 144 valence electrons. The normalized spacial score (nSPS) is 11.6. The number of nitrogens with zero attached hydrogens (tertiary/aromatic N) is 5. The minimum Gasteiger partial charge on any atom is -0.279 e. The largest absolute Gasteiger partial charge is 0.332 e. The van der Waals surface area contributed by atoms with Gasteiger partial charge in [-0.2, -0.15) is 4.98 Å². The van der Waals surface area contributed by atoms with Crippen LogP contribution in [0.1, 0.15) is 0 Å². The van der Waals surface area contributed by atoms with Crippen LogP contribution in [0.4, 0.5) is 4.39 Å². The Labute approximate surface area is 163 Å². The zero-order chi connectivity index (χ0) is 20.3. The van der Waals surface area contributed by atoms with Crippen molar-refractivity contribution in [2.75, 3.05) is 0 Å². The number of aryl methyl sites for hydroxylation is 1. The fourth-order valence-corrected chi connectivity index (χ4v) is 3.63. The number of benzene rings is 2. The van der Waals surface area contributed by atoms with E-state index in [4.69, 9.17) is 0 Å². The first-order chi connectivity index (χ1) is 14.0. The van der Waals surface area contributed by atoms with Crippen LogP contribution >= 0.6 is 0 Å². The lowest BCUT2D eigenvalue weighted by atomic mass is 10.1. The highest BCUT2D eigenvalue weighted by atomic mass is 19.1. The molecular weight excluding hydrogens is 373 g/mol. The minimum atomic E-state index is -0.437. The van der Waals surface area contributed by atoms with Gasteiger partial charge in [0.05, 0.1) is 5.69 Å². The first-order valence-electron chi connectivity index (χ1n) is 8.98. The molecule has 0 aliphatic heterocycles. The Morgan fingerprint density at radius 1 is 0.897 bits per heavy atom. The predicted octanol–water partition coefficient (Wildman–Crippen LogP) is 2.48. The molecule has 0 fully saturated rings. The van der Waals surface area contributed by atoms with E-state index in [1.807, 2.05) is 34.9 Å². The molecule has 2 aromatic carbocycles. The standard InChI is InChI=1S/C21H16FN5O2/c1-24-18-17(19(28)25(2)21(24)29)26-12-16(13-8-10-14(22)11-9-13)27(20(26)23-18)15-6-4-3-5-7-15/h3-12H,1-2H3. The van der Waals surface area contributed by atoms with Crippen LogP contribution in [0.3, 0.4) is 0 Å². The number of rotatable bonds is 2. The van der Waals surface area contributed by atoms with Crippen LogP contribution in [0.2, 0.25) is 0 Å². The summed E-state index contributed by atoms with van der Waals surface area (Å²) in [6.45, 7) is 0. The molecule has 5 rings (SSSR count). The lowest BCUT2D eigenvalue weighted by Gasteiger charge is -2.09. The van der Waals surface area contributed by atoms with Crippen molar-refractivity contribution in [1.29, 1.82) is 0 Å². The molecule has 0 radical (unpaired) electrons. The molecule has 29 heavy (non-hydrogen) atoms. The summed E-state index contributed by atoms with van der Waals surface area (Å²) in [5.41, 5.74) is 2.11. The molecule has 3 heterocycles. The van der Waals surface area contributed by atoms with Gasteiger partial charge in [-0.3, -0.25) is 22.9 Å². The van der Waals surface area contributed by atoms with E-state index >= 15 is 0 Å². The second-order valence-electron chi connectivity index (χ2n) is 6.85. The Morgan fingerprint density at radius 2 is 1.59 bits per heavy atom. The maximum atomic E-state index is 13.5. The molecule has 0 unspecified atom stereocenters. The summed E-state index contributed by atoms with van der Waals surface area (Å²) < 4.78 is 19.4. The number of hydrogen-bond acceptors (Lipinski definition) is 3. The number of hydrogen-bond donors (Lipinski definition) is 0. The quantitative estimate of drug-likeness (QED) is 0.466. The first kappa shape index (κ1) is 17.2. The molecule has 0 aliphatic carbocycles. The van der Waals surface area contributed by atoms with Crippen molar-refractivity contribution in [1.82, 2.24) is 23.1 Å². The summed E-state index contributed by atoms with van der Waals surface area (Å²) in [6, 6.07) is 15.7. The fourth-order valence-electron chi connectivity index (χ4n) is 3.63. The fraction of sp³-hybridized carbons (Fsp3) is 0.0952. The van der Waals surface area contributed by atoms with Gasteiger partial charge >= 0.3 is 5.69 Å². The number of imidazole rings is 2. The SMILES string of the molecule is Cn1c(=O)c2c(nc3n(-c4ccccc4)c(-c4ccc(F)cc4)cn23)n(C)c1=O. The molecule has 0 spiro atoms. The average Bonchev–Trinajstić information content (AvgIpc) is 3.28. The number of fused-ring (bicyclic) bond motifs is 3. The lowest BCUT2D eigenvalue weighted by molar-refractivity contribution is 0.628. The van der Waals surface area contributed by atoms with Gasteiger partial charge in [0.2, 0.25) is 5.78 Å². The van der Waals surface area contributed by atoms with Crippen LogP contribution in [-0.4, -0.2) is 23.1 Å². The van der Waals surface area contributed by atoms with Crippen LogP contribution in [0.25, 0.3) is 33.9 Å². The van der Waals surface area contributed by atoms with Gasteiger partial charge in [-0.15, -0.1) is 0 Å². The number of aromatic nitrogens is 5. The van der Waals surface area contributed by atoms with Crippen molar-refractivity contribution in [2.45, 2.75) is 0 Å². The zero-order valence-electron chi connectivity index (χ0n) is 15.7. The van der Waals surface area contributed by atoms with Gasteiger partial charge in [-0.25, -0.2) is 9.18 Å². The van der Waals surface area contributed by atoms with Crippen molar-refractivity contribution in [2.24, 2.45) is 14.1 Å². The summed E-state index contributed by atoms with van der Waals surface area (Å²) in [4.78, 5) is 29.8. The van der Waals surface area contributed by atoms with Crippen LogP contribution in [0.15, 0.2) is 70.4 Å². The molecule has 0 atom stereocenters. The Bertz CT molecular complexity index is 1510. The van der Waals surface area contributed by atoms with Crippen molar-refractivity contribution >= 4 is 16.9 Å². The molecule has 3 aromatic heterocycles. The average molecular weight is 389 g/mol. The highest BCUT2D eigenvalue weighted by molar-refractivity contribution is 5.79. The molecule has 7 nitrogen and oxygen atoms in total. The van der Waals surface area contributed by atoms with E-state index in [0.717, 1.165) is 21.5 Å². The summed E-state index contributed by atoms with van der Waals surface area (Å²) in [5, 5.41) is 0. The molecule has 0 bridgehead atoms. The topological polar surface area (TPSA) is 66.2 Å². The predicted molar refractivity (Wildman–Crippen MR) is 108 cm³/mol. The third kappa shape index (κ3) is 2.39. The van der Waals surface area contributed by atoms with Gasteiger partial charge in [0, 0.05) is 31.5 Å². The van der Waals surface area contributed by atoms with Crippen LogP contribution in [-0.2, 0) is 14.1 Å². The summed E-state index contributed by atoms with van der Waals surface area (Å²) in [5.74, 6) is 0.162. The van der Waals surface area contributed by atoms with Gasteiger partial charge in [0.15, 0.2) is 11.2 Å². The molecule has 0 aliphatic rings. The third-order valence-electron chi connectivity index (χ3n) is 5.12. The molecule has 0 saturated heterocycles. The van der Waals surface area contributed by atoms with E-state index in [1.165, 1.54) is 23.7 Å². The Balaban J connectivity index is 1.97. The summed E-state index contributed by atoms with van der Waals surface area (Å²) in [6.07, 6.45) is 1.79. The Kier molecular flexibility index (Phi) is 3.57. The van der Waals surface area contributed by atoms with Crippen molar-refractivity contribution < 1.29 is 4.39 Å². The smallest absolute Gasteiger partial charge is 0.279 e. The maximum absolute atomic E-state index is 13.5. The monoisotopic (exact) mass is 389 g/mol. The highest BCUT2D eigenvalue weighted by Crippen LogP contribution is 2.28. The van der Waals surface area contributed by atoms with Gasteiger partial charge in [-0.1, -0.05) is 18.2 Å². The number of para-hydroxylation sites is 1. The molecule has 5 aromatic rings. The second kappa shape index (κ2) is 6.03. The first-order valence-corrected chi connectivity index (χ1v) is 8.98. The summed E-state index contributed by atoms with van der Waals surface area (Å²) >= 11 is 0. The van der Waals surface area contributed by atoms with E-state index in [2.05, 4.69) is 4.98 Å². The highest BCUT2D eigenvalue weighted by Gasteiger charge is 2.21. The molecule has 0 N–H and O–H groups in total. The third-order valence-corrected chi connectivity index (χ3v) is 5.12. The van der Waals surface area contributed by atoms with E-state index in [9.17, 15) is 14.0 Å². The molecule has 0 amide bonds. The van der Waals surface area contributed by atoms with E-state index in [-0.39, 0.29) is 5.82 Å². The van der Waals surface area contributed by atoms with Crippen LogP contribution < -0.4 is 11.2 Å². The van der Waals surface area contributed by atoms with Gasteiger partial charge in [-0.05, 0) is 36.4 Å². The molecule has 8 heteroatoms. The van der Waals surface area contributed by atoms with E-state index in [1.54, 1.807) is 29.8 Å². The van der Waals surface area contributed by atoms with Crippen LogP contribution in [0.5, 0.6) is 0 Å². The van der Waals surface area contributed by atoms with Gasteiger partial charge in [0.1, 0.15) is 5.82 Å². The summed E-state index contributed by atoms with van der Waals surface area (Å²) in [7, 11) is 3.03. The second-order valence-corrected chi connectivity index (χ2v) is 6.85. The van der Waals surface area contributed by atoms with Crippen LogP contribution in [0, 0.1) is 5.82 Å². The maximum Gasteiger partial charge on any atom is 0.332 e. The van der Waals surface area contributed by atoms with Crippen molar-refractivity contribution in [3.8, 4) is 16.9 Å². The Morgan fingerprint density at radius 3 is 2.28 bits per heavy atom. The van der Waals surface area contributed by atoms with Crippen molar-refractivity contribution in [3.63, 3.8) is 0 Å². The van der Waals surface area contributed by atoms with Gasteiger partial charge in [0.25, 0.3) is 5.56 Å². The van der Waals surface area contributed by atoms with Gasteiger partial charge < -0.3 is 0 Å². The molecular formula is C21H16FN5O2.